The minimum atomic E-state index is -0.454. The maximum absolute atomic E-state index is 11.2. The molecule has 0 atom stereocenters. The van der Waals surface area contributed by atoms with E-state index in [1.165, 1.54) is 41.2 Å². The molecular weight excluding hydrogens is 340 g/mol. The monoisotopic (exact) mass is 366 g/mol. The van der Waals surface area contributed by atoms with Crippen molar-refractivity contribution < 1.29 is 4.79 Å². The Hall–Kier alpha value is -1.86. The average molecular weight is 367 g/mol. The summed E-state index contributed by atoms with van der Waals surface area (Å²) in [4.78, 5) is 11.2. The molecule has 2 aromatic rings. The van der Waals surface area contributed by atoms with Crippen LogP contribution in [0, 0.1) is 6.92 Å². The largest absolute Gasteiger partial charge is 0.276 e. The minimum absolute atomic E-state index is 0.171. The summed E-state index contributed by atoms with van der Waals surface area (Å²) in [7, 11) is 0. The molecule has 0 radical (unpaired) electrons. The van der Waals surface area contributed by atoms with Crippen molar-refractivity contribution in [3.63, 3.8) is 0 Å². The fourth-order valence-electron chi connectivity index (χ4n) is 4.06. The first kappa shape index (κ1) is 18.9. The van der Waals surface area contributed by atoms with E-state index in [-0.39, 0.29) is 10.8 Å². The molecule has 0 fully saturated rings. The third-order valence-electron chi connectivity index (χ3n) is 5.84. The fourth-order valence-corrected chi connectivity index (χ4v) is 4.12. The molecule has 136 valence electrons. The van der Waals surface area contributed by atoms with Gasteiger partial charge in [-0.3, -0.25) is 4.79 Å². The molecule has 0 bridgehead atoms. The number of allylic oxidation sites excluding steroid dienone is 1. The van der Waals surface area contributed by atoms with Crippen molar-refractivity contribution in [1.29, 1.82) is 0 Å². The van der Waals surface area contributed by atoms with Gasteiger partial charge in [-0.25, -0.2) is 0 Å². The smallest absolute Gasteiger partial charge is 0.245 e. The SMILES string of the molecule is Cc1cc2c(cc1-c1ccccc1/C=C/C(=O)Cl)C(C)(C)CCC2(C)C. The Bertz CT molecular complexity index is 887. The summed E-state index contributed by atoms with van der Waals surface area (Å²) < 4.78 is 0. The topological polar surface area (TPSA) is 17.1 Å². The van der Waals surface area contributed by atoms with E-state index in [9.17, 15) is 4.79 Å². The predicted octanol–water partition coefficient (Wildman–Crippen LogP) is 6.79. The van der Waals surface area contributed by atoms with Crippen LogP contribution >= 0.6 is 11.6 Å². The summed E-state index contributed by atoms with van der Waals surface area (Å²) >= 11 is 5.50. The minimum Gasteiger partial charge on any atom is -0.276 e. The Morgan fingerprint density at radius 3 is 2.15 bits per heavy atom. The molecule has 0 heterocycles. The Morgan fingerprint density at radius 2 is 1.54 bits per heavy atom. The summed E-state index contributed by atoms with van der Waals surface area (Å²) in [6.45, 7) is 11.6. The summed E-state index contributed by atoms with van der Waals surface area (Å²) in [5.41, 5.74) is 7.95. The maximum atomic E-state index is 11.2. The first-order chi connectivity index (χ1) is 12.1. The zero-order chi connectivity index (χ0) is 19.1. The zero-order valence-corrected chi connectivity index (χ0v) is 17.1. The number of fused-ring (bicyclic) bond motifs is 1. The molecule has 0 saturated carbocycles. The van der Waals surface area contributed by atoms with Crippen molar-refractivity contribution in [2.24, 2.45) is 0 Å². The van der Waals surface area contributed by atoms with Crippen LogP contribution in [0.1, 0.15) is 62.8 Å². The molecule has 0 aliphatic heterocycles. The van der Waals surface area contributed by atoms with Crippen LogP contribution in [0.15, 0.2) is 42.5 Å². The summed E-state index contributed by atoms with van der Waals surface area (Å²) in [5, 5.41) is -0.454. The van der Waals surface area contributed by atoms with Gasteiger partial charge in [-0.15, -0.1) is 0 Å². The number of rotatable bonds is 3. The number of carbonyl (C=O) groups is 1. The molecule has 2 heteroatoms. The molecule has 0 amide bonds. The number of carbonyl (C=O) groups excluding carboxylic acids is 1. The highest BCUT2D eigenvalue weighted by molar-refractivity contribution is 6.66. The predicted molar refractivity (Wildman–Crippen MR) is 112 cm³/mol. The lowest BCUT2D eigenvalue weighted by molar-refractivity contribution is -0.107. The Kier molecular flexibility index (Phi) is 4.88. The first-order valence-electron chi connectivity index (χ1n) is 9.24. The molecule has 0 spiro atoms. The Labute approximate surface area is 162 Å². The van der Waals surface area contributed by atoms with Crippen molar-refractivity contribution in [3.8, 4) is 11.1 Å². The highest BCUT2D eigenvalue weighted by Crippen LogP contribution is 2.47. The summed E-state index contributed by atoms with van der Waals surface area (Å²) in [5.74, 6) is 0. The van der Waals surface area contributed by atoms with Gasteiger partial charge in [-0.05, 0) is 87.7 Å². The number of hydrogen-bond donors (Lipinski definition) is 0. The van der Waals surface area contributed by atoms with Crippen LogP contribution in [0.4, 0.5) is 0 Å². The maximum Gasteiger partial charge on any atom is 0.245 e. The molecule has 2 aromatic carbocycles. The fraction of sp³-hybridized carbons (Fsp3) is 0.375. The number of halogens is 1. The van der Waals surface area contributed by atoms with Gasteiger partial charge in [0.2, 0.25) is 5.24 Å². The zero-order valence-electron chi connectivity index (χ0n) is 16.3. The molecule has 1 nitrogen and oxygen atoms in total. The van der Waals surface area contributed by atoms with Gasteiger partial charge < -0.3 is 0 Å². The molecular formula is C24H27ClO. The van der Waals surface area contributed by atoms with Crippen LogP contribution in [-0.2, 0) is 15.6 Å². The number of hydrogen-bond acceptors (Lipinski definition) is 1. The van der Waals surface area contributed by atoms with Gasteiger partial charge in [0.1, 0.15) is 0 Å². The Morgan fingerprint density at radius 1 is 0.962 bits per heavy atom. The molecule has 0 aromatic heterocycles. The van der Waals surface area contributed by atoms with Crippen molar-refractivity contribution in [3.05, 3.63) is 64.7 Å². The lowest BCUT2D eigenvalue weighted by atomic mass is 9.62. The van der Waals surface area contributed by atoms with E-state index in [4.69, 9.17) is 11.6 Å². The van der Waals surface area contributed by atoms with Gasteiger partial charge >= 0.3 is 0 Å². The van der Waals surface area contributed by atoms with E-state index in [2.05, 4.69) is 52.8 Å². The van der Waals surface area contributed by atoms with E-state index >= 15 is 0 Å². The molecule has 1 aliphatic carbocycles. The van der Waals surface area contributed by atoms with Crippen LogP contribution in [-0.4, -0.2) is 5.24 Å². The van der Waals surface area contributed by atoms with Crippen molar-refractivity contribution in [2.45, 2.75) is 58.3 Å². The van der Waals surface area contributed by atoms with E-state index in [0.717, 1.165) is 11.1 Å². The van der Waals surface area contributed by atoms with Crippen LogP contribution in [0.2, 0.25) is 0 Å². The van der Waals surface area contributed by atoms with Gasteiger partial charge in [0.05, 0.1) is 0 Å². The summed E-state index contributed by atoms with van der Waals surface area (Å²) in [6.07, 6.45) is 5.63. The molecule has 1 aliphatic rings. The molecule has 3 rings (SSSR count). The second-order valence-corrected chi connectivity index (χ2v) is 9.08. The quantitative estimate of drug-likeness (QED) is 0.431. The standard InChI is InChI=1S/C24H27ClO/c1-16-14-20-21(24(4,5)13-12-23(20,2)3)15-19(16)18-9-7-6-8-17(18)10-11-22(25)26/h6-11,14-15H,12-13H2,1-5H3/b11-10+. The summed E-state index contributed by atoms with van der Waals surface area (Å²) in [6, 6.07) is 12.9. The van der Waals surface area contributed by atoms with Crippen LogP contribution in [0.25, 0.3) is 17.2 Å². The van der Waals surface area contributed by atoms with Gasteiger partial charge in [0.15, 0.2) is 0 Å². The van der Waals surface area contributed by atoms with Gasteiger partial charge in [0.25, 0.3) is 0 Å². The molecule has 0 N–H and O–H groups in total. The van der Waals surface area contributed by atoms with E-state index < -0.39 is 5.24 Å². The van der Waals surface area contributed by atoms with Crippen molar-refractivity contribution in [1.82, 2.24) is 0 Å². The number of benzene rings is 2. The third-order valence-corrected chi connectivity index (χ3v) is 5.97. The molecule has 26 heavy (non-hydrogen) atoms. The highest BCUT2D eigenvalue weighted by Gasteiger charge is 2.37. The lowest BCUT2D eigenvalue weighted by Crippen LogP contribution is -2.34. The lowest BCUT2D eigenvalue weighted by Gasteiger charge is -2.42. The third kappa shape index (κ3) is 3.50. The van der Waals surface area contributed by atoms with Crippen LogP contribution in [0.5, 0.6) is 0 Å². The van der Waals surface area contributed by atoms with E-state index in [1.807, 2.05) is 18.2 Å². The van der Waals surface area contributed by atoms with Gasteiger partial charge in [-0.1, -0.05) is 64.1 Å². The highest BCUT2D eigenvalue weighted by atomic mass is 35.5. The second kappa shape index (κ2) is 6.70. The van der Waals surface area contributed by atoms with E-state index in [1.54, 1.807) is 6.08 Å². The second-order valence-electron chi connectivity index (χ2n) is 8.71. The van der Waals surface area contributed by atoms with Crippen molar-refractivity contribution >= 4 is 22.9 Å². The van der Waals surface area contributed by atoms with Crippen LogP contribution < -0.4 is 0 Å². The van der Waals surface area contributed by atoms with Gasteiger partial charge in [0, 0.05) is 0 Å². The van der Waals surface area contributed by atoms with Crippen molar-refractivity contribution in [2.75, 3.05) is 0 Å². The average Bonchev–Trinajstić information content (AvgIpc) is 2.57. The van der Waals surface area contributed by atoms with E-state index in [0.29, 0.717) is 0 Å². The number of aryl methyl sites for hydroxylation is 1. The van der Waals surface area contributed by atoms with Gasteiger partial charge in [-0.2, -0.15) is 0 Å². The molecule has 0 unspecified atom stereocenters. The van der Waals surface area contributed by atoms with Crippen LogP contribution in [0.3, 0.4) is 0 Å². The normalized spacial score (nSPS) is 17.9. The first-order valence-corrected chi connectivity index (χ1v) is 9.62. The Balaban J connectivity index is 2.22. The molecule has 0 saturated heterocycles.